The summed E-state index contributed by atoms with van der Waals surface area (Å²) in [5, 5.41) is 9.55. The monoisotopic (exact) mass is 227 g/mol. The number of amides is 1. The van der Waals surface area contributed by atoms with E-state index in [1.54, 1.807) is 0 Å². The van der Waals surface area contributed by atoms with E-state index in [2.05, 4.69) is 20.3 Å². The van der Waals surface area contributed by atoms with Gasteiger partial charge in [0.2, 0.25) is 5.91 Å². The third-order valence-electron chi connectivity index (χ3n) is 2.15. The van der Waals surface area contributed by atoms with E-state index in [9.17, 15) is 4.79 Å². The standard InChI is InChI=1S/C9H13N3O2S/c13-9(12-8-4-11-14-5-8)3-7-6-15-2-1-10-7/h4-5,7,10H,1-3,6H2,(H,12,13). The molecule has 1 aliphatic heterocycles. The van der Waals surface area contributed by atoms with Crippen LogP contribution in [0.4, 0.5) is 5.69 Å². The molecule has 2 N–H and O–H groups in total. The Balaban J connectivity index is 1.76. The van der Waals surface area contributed by atoms with Crippen LogP contribution in [0.5, 0.6) is 0 Å². The van der Waals surface area contributed by atoms with Crippen LogP contribution in [0.25, 0.3) is 0 Å². The zero-order chi connectivity index (χ0) is 10.5. The van der Waals surface area contributed by atoms with Gasteiger partial charge in [-0.05, 0) is 0 Å². The first-order valence-corrected chi connectivity index (χ1v) is 6.00. The smallest absolute Gasteiger partial charge is 0.226 e. The molecule has 6 heteroatoms. The molecule has 0 spiro atoms. The summed E-state index contributed by atoms with van der Waals surface area (Å²) in [7, 11) is 0. The highest BCUT2D eigenvalue weighted by molar-refractivity contribution is 7.99. The van der Waals surface area contributed by atoms with Gasteiger partial charge in [-0.3, -0.25) is 4.79 Å². The predicted octanol–water partition coefficient (Wildman–Crippen LogP) is 0.708. The van der Waals surface area contributed by atoms with E-state index in [0.717, 1.165) is 18.1 Å². The number of carbonyl (C=O) groups excluding carboxylic acids is 1. The van der Waals surface area contributed by atoms with E-state index in [-0.39, 0.29) is 11.9 Å². The minimum absolute atomic E-state index is 0.00167. The van der Waals surface area contributed by atoms with Gasteiger partial charge in [0, 0.05) is 30.5 Å². The Morgan fingerprint density at radius 1 is 1.80 bits per heavy atom. The normalized spacial score (nSPS) is 21.2. The first-order chi connectivity index (χ1) is 7.34. The third-order valence-corrected chi connectivity index (χ3v) is 3.28. The Kier molecular flexibility index (Phi) is 3.63. The predicted molar refractivity (Wildman–Crippen MR) is 58.9 cm³/mol. The van der Waals surface area contributed by atoms with Crippen LogP contribution >= 0.6 is 11.8 Å². The number of anilines is 1. The van der Waals surface area contributed by atoms with Crippen molar-refractivity contribution in [1.82, 2.24) is 10.5 Å². The highest BCUT2D eigenvalue weighted by Crippen LogP contribution is 2.11. The molecule has 1 aromatic rings. The molecule has 1 atom stereocenters. The maximum atomic E-state index is 11.5. The zero-order valence-corrected chi connectivity index (χ0v) is 9.05. The molecule has 1 saturated heterocycles. The highest BCUT2D eigenvalue weighted by atomic mass is 32.2. The van der Waals surface area contributed by atoms with E-state index in [1.165, 1.54) is 12.5 Å². The van der Waals surface area contributed by atoms with Crippen molar-refractivity contribution in [2.24, 2.45) is 0 Å². The number of carbonyl (C=O) groups is 1. The molecule has 82 valence electrons. The largest absolute Gasteiger partial charge is 0.363 e. The van der Waals surface area contributed by atoms with Crippen LogP contribution in [0, 0.1) is 0 Å². The molecule has 0 bridgehead atoms. The molecular weight excluding hydrogens is 214 g/mol. The van der Waals surface area contributed by atoms with Crippen LogP contribution in [-0.2, 0) is 4.79 Å². The minimum atomic E-state index is -0.00167. The first kappa shape index (κ1) is 10.5. The minimum Gasteiger partial charge on any atom is -0.363 e. The van der Waals surface area contributed by atoms with Crippen LogP contribution in [0.15, 0.2) is 17.0 Å². The second-order valence-electron chi connectivity index (χ2n) is 3.39. The summed E-state index contributed by atoms with van der Waals surface area (Å²) < 4.78 is 4.62. The lowest BCUT2D eigenvalue weighted by Crippen LogP contribution is -2.39. The highest BCUT2D eigenvalue weighted by Gasteiger charge is 2.16. The molecule has 5 nitrogen and oxygen atoms in total. The molecule has 1 amide bonds. The van der Waals surface area contributed by atoms with Crippen LogP contribution in [-0.4, -0.2) is 35.2 Å². The fourth-order valence-electron chi connectivity index (χ4n) is 1.45. The number of nitrogens with zero attached hydrogens (tertiary/aromatic N) is 1. The Bertz CT molecular complexity index is 309. The van der Waals surface area contributed by atoms with Crippen molar-refractivity contribution >= 4 is 23.4 Å². The summed E-state index contributed by atoms with van der Waals surface area (Å²) in [6.45, 7) is 0.982. The quantitative estimate of drug-likeness (QED) is 0.796. The van der Waals surface area contributed by atoms with Crippen LogP contribution in [0.3, 0.4) is 0 Å². The SMILES string of the molecule is O=C(CC1CSCCN1)Nc1cnoc1. The second-order valence-corrected chi connectivity index (χ2v) is 4.54. The van der Waals surface area contributed by atoms with Crippen molar-refractivity contribution in [2.75, 3.05) is 23.4 Å². The summed E-state index contributed by atoms with van der Waals surface area (Å²) >= 11 is 1.88. The molecule has 1 fully saturated rings. The molecule has 15 heavy (non-hydrogen) atoms. The molecule has 2 rings (SSSR count). The number of aromatic nitrogens is 1. The Morgan fingerprint density at radius 2 is 2.73 bits per heavy atom. The van der Waals surface area contributed by atoms with Gasteiger partial charge in [-0.15, -0.1) is 0 Å². The Morgan fingerprint density at radius 3 is 3.40 bits per heavy atom. The van der Waals surface area contributed by atoms with Gasteiger partial charge in [0.15, 0.2) is 0 Å². The van der Waals surface area contributed by atoms with Gasteiger partial charge in [0.25, 0.3) is 0 Å². The number of rotatable bonds is 3. The molecule has 1 aromatic heterocycles. The Labute approximate surface area is 92.0 Å². The van der Waals surface area contributed by atoms with Gasteiger partial charge in [0.1, 0.15) is 12.0 Å². The lowest BCUT2D eigenvalue weighted by atomic mass is 10.2. The van der Waals surface area contributed by atoms with Crippen molar-refractivity contribution in [3.05, 3.63) is 12.5 Å². The fraction of sp³-hybridized carbons (Fsp3) is 0.556. The number of thioether (sulfide) groups is 1. The summed E-state index contributed by atoms with van der Waals surface area (Å²) in [4.78, 5) is 11.5. The third kappa shape index (κ3) is 3.24. The lowest BCUT2D eigenvalue weighted by molar-refractivity contribution is -0.116. The maximum absolute atomic E-state index is 11.5. The van der Waals surface area contributed by atoms with E-state index in [0.29, 0.717) is 12.1 Å². The molecule has 0 radical (unpaired) electrons. The molecule has 1 aliphatic rings. The Hall–Kier alpha value is -1.01. The number of hydrogen-bond acceptors (Lipinski definition) is 5. The summed E-state index contributed by atoms with van der Waals surface area (Å²) in [5.74, 6) is 2.12. The zero-order valence-electron chi connectivity index (χ0n) is 8.23. The first-order valence-electron chi connectivity index (χ1n) is 4.85. The van der Waals surface area contributed by atoms with E-state index in [1.807, 2.05) is 11.8 Å². The molecule has 2 heterocycles. The van der Waals surface area contributed by atoms with Gasteiger partial charge in [-0.2, -0.15) is 11.8 Å². The average molecular weight is 227 g/mol. The topological polar surface area (TPSA) is 67.2 Å². The van der Waals surface area contributed by atoms with Crippen LogP contribution in [0.2, 0.25) is 0 Å². The summed E-state index contributed by atoms with van der Waals surface area (Å²) in [6.07, 6.45) is 3.40. The van der Waals surface area contributed by atoms with Crippen LogP contribution < -0.4 is 10.6 Å². The molecule has 0 aliphatic carbocycles. The van der Waals surface area contributed by atoms with Crippen molar-refractivity contribution < 1.29 is 9.32 Å². The van der Waals surface area contributed by atoms with Gasteiger partial charge in [-0.1, -0.05) is 5.16 Å². The van der Waals surface area contributed by atoms with E-state index in [4.69, 9.17) is 0 Å². The van der Waals surface area contributed by atoms with Crippen molar-refractivity contribution in [1.29, 1.82) is 0 Å². The molecular formula is C9H13N3O2S. The van der Waals surface area contributed by atoms with E-state index < -0.39 is 0 Å². The van der Waals surface area contributed by atoms with Crippen LogP contribution in [0.1, 0.15) is 6.42 Å². The van der Waals surface area contributed by atoms with Crippen molar-refractivity contribution in [3.63, 3.8) is 0 Å². The van der Waals surface area contributed by atoms with Gasteiger partial charge in [0.05, 0.1) is 6.20 Å². The summed E-state index contributed by atoms with van der Waals surface area (Å²) in [5.41, 5.74) is 0.614. The molecule has 0 saturated carbocycles. The van der Waals surface area contributed by atoms with Gasteiger partial charge < -0.3 is 15.2 Å². The van der Waals surface area contributed by atoms with E-state index >= 15 is 0 Å². The van der Waals surface area contributed by atoms with Crippen molar-refractivity contribution in [2.45, 2.75) is 12.5 Å². The maximum Gasteiger partial charge on any atom is 0.226 e. The number of hydrogen-bond donors (Lipinski definition) is 2. The molecule has 1 unspecified atom stereocenters. The van der Waals surface area contributed by atoms with Crippen molar-refractivity contribution in [3.8, 4) is 0 Å². The fourth-order valence-corrected chi connectivity index (χ4v) is 2.40. The lowest BCUT2D eigenvalue weighted by Gasteiger charge is -2.22. The van der Waals surface area contributed by atoms with Gasteiger partial charge in [-0.25, -0.2) is 0 Å². The number of nitrogens with one attached hydrogen (secondary N) is 2. The average Bonchev–Trinajstić information content (AvgIpc) is 2.71. The second kappa shape index (κ2) is 5.18. The summed E-state index contributed by atoms with van der Waals surface area (Å²) in [6, 6.07) is 0.281. The van der Waals surface area contributed by atoms with Gasteiger partial charge >= 0.3 is 0 Å². The molecule has 0 aromatic carbocycles.